The maximum Gasteiger partial charge on any atom is 0.242 e. The molecule has 1 unspecified atom stereocenters. The third-order valence-electron chi connectivity index (χ3n) is 2.83. The van der Waals surface area contributed by atoms with Gasteiger partial charge in [-0.1, -0.05) is 0 Å². The van der Waals surface area contributed by atoms with Crippen molar-refractivity contribution in [2.45, 2.75) is 31.3 Å². The van der Waals surface area contributed by atoms with Crippen molar-refractivity contribution >= 4 is 21.4 Å². The molecule has 6 nitrogen and oxygen atoms in total. The molecule has 2 rings (SSSR count). The lowest BCUT2D eigenvalue weighted by molar-refractivity contribution is 0.561. The van der Waals surface area contributed by atoms with Gasteiger partial charge in [0.1, 0.15) is 5.82 Å². The molecule has 0 bridgehead atoms. The number of H-pyrrole nitrogens is 1. The minimum atomic E-state index is -3.54. The van der Waals surface area contributed by atoms with Crippen molar-refractivity contribution in [2.24, 2.45) is 0 Å². The normalized spacial score (nSPS) is 13.6. The van der Waals surface area contributed by atoms with E-state index in [9.17, 15) is 8.42 Å². The molecule has 0 saturated carbocycles. The van der Waals surface area contributed by atoms with Gasteiger partial charge in [-0.05, 0) is 27.0 Å². The molecular formula is C12H18N4O2S2. The lowest BCUT2D eigenvalue weighted by Gasteiger charge is -2.11. The number of hydrogen-bond acceptors (Lipinski definition) is 5. The fourth-order valence-electron chi connectivity index (χ4n) is 1.92. The van der Waals surface area contributed by atoms with Crippen molar-refractivity contribution in [1.29, 1.82) is 0 Å². The van der Waals surface area contributed by atoms with Crippen LogP contribution in [0.25, 0.3) is 0 Å². The lowest BCUT2D eigenvalue weighted by atomic mass is 10.3. The Kier molecular flexibility index (Phi) is 4.59. The Bertz CT molecular complexity index is 662. The van der Waals surface area contributed by atoms with Crippen LogP contribution in [0.15, 0.2) is 23.4 Å². The molecule has 0 amide bonds. The van der Waals surface area contributed by atoms with Crippen molar-refractivity contribution < 1.29 is 8.42 Å². The van der Waals surface area contributed by atoms with E-state index in [1.165, 1.54) is 11.3 Å². The Morgan fingerprint density at radius 1 is 1.50 bits per heavy atom. The Morgan fingerprint density at radius 2 is 2.25 bits per heavy atom. The van der Waals surface area contributed by atoms with Crippen LogP contribution in [0, 0.1) is 6.92 Å². The van der Waals surface area contributed by atoms with Crippen molar-refractivity contribution in [2.75, 3.05) is 7.05 Å². The number of aromatic nitrogens is 2. The van der Waals surface area contributed by atoms with Gasteiger partial charge in [0.15, 0.2) is 0 Å². The van der Waals surface area contributed by atoms with Crippen molar-refractivity contribution in [3.8, 4) is 0 Å². The number of thiophene rings is 1. The Labute approximate surface area is 122 Å². The second-order valence-electron chi connectivity index (χ2n) is 4.48. The van der Waals surface area contributed by atoms with Gasteiger partial charge in [-0.3, -0.25) is 0 Å². The van der Waals surface area contributed by atoms with Crippen LogP contribution in [-0.2, 0) is 16.6 Å². The predicted octanol–water partition coefficient (Wildman–Crippen LogP) is 1.54. The molecule has 2 aromatic rings. The molecule has 0 spiro atoms. The number of rotatable bonds is 6. The fourth-order valence-corrected chi connectivity index (χ4v) is 4.77. The van der Waals surface area contributed by atoms with Crippen molar-refractivity contribution in [3.05, 3.63) is 34.0 Å². The first kappa shape index (κ1) is 15.2. The molecule has 0 saturated heterocycles. The van der Waals surface area contributed by atoms with E-state index in [1.807, 2.05) is 14.0 Å². The predicted molar refractivity (Wildman–Crippen MR) is 79.1 cm³/mol. The first-order valence-corrected chi connectivity index (χ1v) is 8.49. The van der Waals surface area contributed by atoms with E-state index < -0.39 is 16.1 Å². The Morgan fingerprint density at radius 3 is 2.85 bits per heavy atom. The summed E-state index contributed by atoms with van der Waals surface area (Å²) in [5, 5.41) is 3.02. The summed E-state index contributed by atoms with van der Waals surface area (Å²) in [6, 6.07) is 1.32. The van der Waals surface area contributed by atoms with Crippen LogP contribution < -0.4 is 10.0 Å². The quantitative estimate of drug-likeness (QED) is 0.755. The van der Waals surface area contributed by atoms with Crippen LogP contribution >= 0.6 is 11.3 Å². The molecule has 0 aliphatic rings. The van der Waals surface area contributed by atoms with E-state index in [4.69, 9.17) is 0 Å². The van der Waals surface area contributed by atoms with Crippen molar-refractivity contribution in [3.63, 3.8) is 0 Å². The zero-order valence-corrected chi connectivity index (χ0v) is 13.2. The van der Waals surface area contributed by atoms with Gasteiger partial charge in [0, 0.05) is 28.7 Å². The van der Waals surface area contributed by atoms with E-state index >= 15 is 0 Å². The summed E-state index contributed by atoms with van der Waals surface area (Å²) in [6.45, 7) is 4.23. The number of hydrogen-bond donors (Lipinski definition) is 3. The monoisotopic (exact) mass is 314 g/mol. The lowest BCUT2D eigenvalue weighted by Crippen LogP contribution is -2.27. The molecule has 0 fully saturated rings. The first-order chi connectivity index (χ1) is 9.44. The summed E-state index contributed by atoms with van der Waals surface area (Å²) in [6.07, 6.45) is 3.27. The number of aryl methyl sites for hydroxylation is 1. The number of imidazole rings is 1. The van der Waals surface area contributed by atoms with Gasteiger partial charge in [0.2, 0.25) is 10.0 Å². The van der Waals surface area contributed by atoms with Crippen LogP contribution in [0.2, 0.25) is 0 Å². The summed E-state index contributed by atoms with van der Waals surface area (Å²) in [5.74, 6) is 0.594. The highest BCUT2D eigenvalue weighted by molar-refractivity contribution is 7.89. The zero-order valence-electron chi connectivity index (χ0n) is 11.6. The summed E-state index contributed by atoms with van der Waals surface area (Å²) >= 11 is 1.49. The second kappa shape index (κ2) is 6.04. The third-order valence-corrected chi connectivity index (χ3v) is 5.67. The third kappa shape index (κ3) is 3.26. The summed E-state index contributed by atoms with van der Waals surface area (Å²) < 4.78 is 27.5. The minimum Gasteiger partial charge on any atom is -0.347 e. The highest BCUT2D eigenvalue weighted by Crippen LogP contribution is 2.26. The fraction of sp³-hybridized carbons (Fsp3) is 0.417. The van der Waals surface area contributed by atoms with E-state index in [0.29, 0.717) is 17.3 Å². The van der Waals surface area contributed by atoms with Crippen LogP contribution in [0.5, 0.6) is 0 Å². The second-order valence-corrected chi connectivity index (χ2v) is 7.50. The summed E-state index contributed by atoms with van der Waals surface area (Å²) in [5.41, 5.74) is 0. The molecule has 0 aliphatic heterocycles. The molecule has 0 aromatic carbocycles. The van der Waals surface area contributed by atoms with Gasteiger partial charge in [-0.15, -0.1) is 11.3 Å². The van der Waals surface area contributed by atoms with Crippen LogP contribution in [0.1, 0.15) is 28.5 Å². The number of nitrogens with one attached hydrogen (secondary N) is 3. The standard InChI is InChI=1S/C12H18N4O2S2/c1-8(12-14-4-5-15-12)16-20(17,18)11-6-10(7-13-3)19-9(11)2/h4-6,8,13,16H,7H2,1-3H3,(H,14,15). The smallest absolute Gasteiger partial charge is 0.242 e. The van der Waals surface area contributed by atoms with Gasteiger partial charge in [0.05, 0.1) is 10.9 Å². The Hall–Kier alpha value is -1.22. The van der Waals surface area contributed by atoms with Crippen molar-refractivity contribution in [1.82, 2.24) is 20.0 Å². The molecule has 110 valence electrons. The average Bonchev–Trinajstić information content (AvgIpc) is 2.98. The van der Waals surface area contributed by atoms with E-state index in [-0.39, 0.29) is 0 Å². The summed E-state index contributed by atoms with van der Waals surface area (Å²) in [7, 11) is -1.71. The highest BCUT2D eigenvalue weighted by Gasteiger charge is 2.23. The molecule has 0 aliphatic carbocycles. The Balaban J connectivity index is 2.22. The van der Waals surface area contributed by atoms with Crippen LogP contribution in [0.3, 0.4) is 0 Å². The van der Waals surface area contributed by atoms with Gasteiger partial charge in [0.25, 0.3) is 0 Å². The molecule has 8 heteroatoms. The summed E-state index contributed by atoms with van der Waals surface area (Å²) in [4.78, 5) is 9.09. The van der Waals surface area contributed by atoms with Crippen LogP contribution in [-0.4, -0.2) is 25.4 Å². The molecule has 2 heterocycles. The highest BCUT2D eigenvalue weighted by atomic mass is 32.2. The van der Waals surface area contributed by atoms with E-state index in [2.05, 4.69) is 20.0 Å². The SMILES string of the molecule is CNCc1cc(S(=O)(=O)NC(C)c2ncc[nH]2)c(C)s1. The molecule has 0 radical (unpaired) electrons. The van der Waals surface area contributed by atoms with Gasteiger partial charge in [-0.25, -0.2) is 18.1 Å². The minimum absolute atomic E-state index is 0.339. The topological polar surface area (TPSA) is 86.9 Å². The first-order valence-electron chi connectivity index (χ1n) is 6.19. The largest absolute Gasteiger partial charge is 0.347 e. The van der Waals surface area contributed by atoms with Gasteiger partial charge < -0.3 is 10.3 Å². The van der Waals surface area contributed by atoms with E-state index in [0.717, 1.165) is 9.75 Å². The van der Waals surface area contributed by atoms with E-state index in [1.54, 1.807) is 25.4 Å². The van der Waals surface area contributed by atoms with Gasteiger partial charge in [-0.2, -0.15) is 0 Å². The zero-order chi connectivity index (χ0) is 14.8. The maximum atomic E-state index is 12.4. The number of aromatic amines is 1. The average molecular weight is 314 g/mol. The molecular weight excluding hydrogens is 296 g/mol. The molecule has 1 atom stereocenters. The number of nitrogens with zero attached hydrogens (tertiary/aromatic N) is 1. The van der Waals surface area contributed by atoms with Gasteiger partial charge >= 0.3 is 0 Å². The maximum absolute atomic E-state index is 12.4. The molecule has 20 heavy (non-hydrogen) atoms. The van der Waals surface area contributed by atoms with Crippen LogP contribution in [0.4, 0.5) is 0 Å². The molecule has 3 N–H and O–H groups in total. The molecule has 2 aromatic heterocycles. The number of sulfonamides is 1.